The van der Waals surface area contributed by atoms with Crippen LogP contribution < -0.4 is 5.73 Å². The summed E-state index contributed by atoms with van der Waals surface area (Å²) < 4.78 is 0. The molecular formula is C17H26N2O. The van der Waals surface area contributed by atoms with Crippen LogP contribution in [-0.4, -0.2) is 29.4 Å². The van der Waals surface area contributed by atoms with E-state index in [9.17, 15) is 4.79 Å². The predicted molar refractivity (Wildman–Crippen MR) is 82.2 cm³/mol. The van der Waals surface area contributed by atoms with Crippen LogP contribution in [0.4, 0.5) is 0 Å². The minimum Gasteiger partial charge on any atom is -0.338 e. The predicted octanol–water partition coefficient (Wildman–Crippen LogP) is 2.45. The third-order valence-corrected chi connectivity index (χ3v) is 4.54. The Morgan fingerprint density at radius 1 is 1.35 bits per heavy atom. The van der Waals surface area contributed by atoms with E-state index in [1.807, 2.05) is 24.8 Å². The van der Waals surface area contributed by atoms with Crippen molar-refractivity contribution in [2.75, 3.05) is 6.54 Å². The van der Waals surface area contributed by atoms with E-state index >= 15 is 0 Å². The Kier molecular flexibility index (Phi) is 4.81. The number of carbonyl (C=O) groups is 1. The standard InChI is InChI=1S/C17H26N2O/c1-12(2)16(18)17(20)19-10-9-15(13(19)3)11-14-7-5-4-6-8-14/h4-8,12-13,15-16H,9-11,18H2,1-3H3/t13-,15+,16+/m1/s1. The van der Waals surface area contributed by atoms with Crippen LogP contribution in [0.1, 0.15) is 32.8 Å². The molecule has 0 aliphatic carbocycles. The van der Waals surface area contributed by atoms with Gasteiger partial charge in [0.25, 0.3) is 0 Å². The first-order valence-corrected chi connectivity index (χ1v) is 7.60. The molecule has 1 heterocycles. The summed E-state index contributed by atoms with van der Waals surface area (Å²) in [6.07, 6.45) is 2.12. The SMILES string of the molecule is CC(C)[C@H](N)C(=O)N1CC[C@@H](Cc2ccccc2)[C@H]1C. The highest BCUT2D eigenvalue weighted by Crippen LogP contribution is 2.28. The van der Waals surface area contributed by atoms with E-state index in [0.717, 1.165) is 19.4 Å². The molecule has 1 saturated heterocycles. The number of nitrogens with two attached hydrogens (primary N) is 1. The van der Waals surface area contributed by atoms with Crippen molar-refractivity contribution in [3.05, 3.63) is 35.9 Å². The van der Waals surface area contributed by atoms with Crippen molar-refractivity contribution >= 4 is 5.91 Å². The number of rotatable bonds is 4. The van der Waals surface area contributed by atoms with Crippen LogP contribution in [0.5, 0.6) is 0 Å². The highest BCUT2D eigenvalue weighted by molar-refractivity contribution is 5.82. The van der Waals surface area contributed by atoms with Gasteiger partial charge >= 0.3 is 0 Å². The van der Waals surface area contributed by atoms with Crippen LogP contribution in [0.25, 0.3) is 0 Å². The van der Waals surface area contributed by atoms with Crippen molar-refractivity contribution in [2.45, 2.75) is 45.7 Å². The van der Waals surface area contributed by atoms with Crippen LogP contribution in [0.15, 0.2) is 30.3 Å². The maximum absolute atomic E-state index is 12.4. The zero-order valence-electron chi connectivity index (χ0n) is 12.8. The third-order valence-electron chi connectivity index (χ3n) is 4.54. The van der Waals surface area contributed by atoms with Gasteiger partial charge in [0, 0.05) is 12.6 Å². The zero-order chi connectivity index (χ0) is 14.7. The van der Waals surface area contributed by atoms with Crippen LogP contribution in [-0.2, 0) is 11.2 Å². The molecule has 3 nitrogen and oxygen atoms in total. The van der Waals surface area contributed by atoms with Gasteiger partial charge in [0.1, 0.15) is 0 Å². The van der Waals surface area contributed by atoms with Crippen molar-refractivity contribution in [2.24, 2.45) is 17.6 Å². The summed E-state index contributed by atoms with van der Waals surface area (Å²) in [6.45, 7) is 7.01. The highest BCUT2D eigenvalue weighted by Gasteiger charge is 2.36. The number of amides is 1. The second-order valence-electron chi connectivity index (χ2n) is 6.28. The molecule has 3 heteroatoms. The van der Waals surface area contributed by atoms with Gasteiger partial charge in [-0.2, -0.15) is 0 Å². The average Bonchev–Trinajstić information content (AvgIpc) is 2.80. The molecule has 110 valence electrons. The lowest BCUT2D eigenvalue weighted by molar-refractivity contribution is -0.134. The normalized spacial score (nSPS) is 24.1. The van der Waals surface area contributed by atoms with Gasteiger partial charge in [-0.3, -0.25) is 4.79 Å². The molecule has 1 aromatic carbocycles. The van der Waals surface area contributed by atoms with E-state index in [2.05, 4.69) is 31.2 Å². The number of benzene rings is 1. The lowest BCUT2D eigenvalue weighted by Gasteiger charge is -2.28. The van der Waals surface area contributed by atoms with Gasteiger partial charge in [-0.25, -0.2) is 0 Å². The van der Waals surface area contributed by atoms with E-state index < -0.39 is 0 Å². The third kappa shape index (κ3) is 3.21. The molecule has 1 aliphatic rings. The first kappa shape index (κ1) is 15.0. The lowest BCUT2D eigenvalue weighted by atomic mass is 9.93. The largest absolute Gasteiger partial charge is 0.338 e. The van der Waals surface area contributed by atoms with Crippen molar-refractivity contribution in [1.29, 1.82) is 0 Å². The summed E-state index contributed by atoms with van der Waals surface area (Å²) in [4.78, 5) is 14.4. The van der Waals surface area contributed by atoms with E-state index in [0.29, 0.717) is 5.92 Å². The molecule has 20 heavy (non-hydrogen) atoms. The Balaban J connectivity index is 1.99. The second-order valence-corrected chi connectivity index (χ2v) is 6.28. The molecule has 0 radical (unpaired) electrons. The lowest BCUT2D eigenvalue weighted by Crippen LogP contribution is -2.48. The summed E-state index contributed by atoms with van der Waals surface area (Å²) in [5.74, 6) is 0.853. The molecular weight excluding hydrogens is 248 g/mol. The molecule has 3 atom stereocenters. The van der Waals surface area contributed by atoms with Gasteiger partial charge in [0.2, 0.25) is 5.91 Å². The Labute approximate surface area is 122 Å². The molecule has 0 saturated carbocycles. The Hall–Kier alpha value is -1.35. The molecule has 1 amide bonds. The molecule has 0 spiro atoms. The van der Waals surface area contributed by atoms with Crippen molar-refractivity contribution < 1.29 is 4.79 Å². The van der Waals surface area contributed by atoms with E-state index in [1.54, 1.807) is 0 Å². The first-order valence-electron chi connectivity index (χ1n) is 7.60. The Morgan fingerprint density at radius 2 is 2.00 bits per heavy atom. The highest BCUT2D eigenvalue weighted by atomic mass is 16.2. The van der Waals surface area contributed by atoms with Gasteiger partial charge in [0.05, 0.1) is 6.04 Å². The molecule has 2 N–H and O–H groups in total. The van der Waals surface area contributed by atoms with Crippen LogP contribution in [0, 0.1) is 11.8 Å². The molecule has 1 fully saturated rings. The molecule has 0 aromatic heterocycles. The van der Waals surface area contributed by atoms with Crippen LogP contribution in [0.2, 0.25) is 0 Å². The first-order chi connectivity index (χ1) is 9.50. The monoisotopic (exact) mass is 274 g/mol. The number of hydrogen-bond donors (Lipinski definition) is 1. The van der Waals surface area contributed by atoms with E-state index in [-0.39, 0.29) is 23.9 Å². The molecule has 2 rings (SSSR count). The molecule has 1 aromatic rings. The minimum absolute atomic E-state index is 0.114. The van der Waals surface area contributed by atoms with Gasteiger partial charge in [-0.05, 0) is 37.2 Å². The zero-order valence-corrected chi connectivity index (χ0v) is 12.8. The maximum atomic E-state index is 12.4. The number of carbonyl (C=O) groups excluding carboxylic acids is 1. The van der Waals surface area contributed by atoms with Crippen molar-refractivity contribution in [3.63, 3.8) is 0 Å². The van der Waals surface area contributed by atoms with Crippen molar-refractivity contribution in [1.82, 2.24) is 4.90 Å². The minimum atomic E-state index is -0.368. The molecule has 0 bridgehead atoms. The summed E-state index contributed by atoms with van der Waals surface area (Å²) in [5, 5.41) is 0. The van der Waals surface area contributed by atoms with Crippen molar-refractivity contribution in [3.8, 4) is 0 Å². The van der Waals surface area contributed by atoms with E-state index in [1.165, 1.54) is 5.56 Å². The van der Waals surface area contributed by atoms with E-state index in [4.69, 9.17) is 5.73 Å². The fraction of sp³-hybridized carbons (Fsp3) is 0.588. The van der Waals surface area contributed by atoms with Crippen LogP contribution >= 0.6 is 0 Å². The fourth-order valence-electron chi connectivity index (χ4n) is 2.98. The van der Waals surface area contributed by atoms with Gasteiger partial charge in [-0.15, -0.1) is 0 Å². The number of hydrogen-bond acceptors (Lipinski definition) is 2. The fourth-order valence-corrected chi connectivity index (χ4v) is 2.98. The molecule has 1 aliphatic heterocycles. The van der Waals surface area contributed by atoms with Gasteiger partial charge < -0.3 is 10.6 Å². The smallest absolute Gasteiger partial charge is 0.239 e. The Bertz CT molecular complexity index is 444. The van der Waals surface area contributed by atoms with Gasteiger partial charge in [0.15, 0.2) is 0 Å². The number of likely N-dealkylation sites (tertiary alicyclic amines) is 1. The second kappa shape index (κ2) is 6.40. The topological polar surface area (TPSA) is 46.3 Å². The average molecular weight is 274 g/mol. The maximum Gasteiger partial charge on any atom is 0.239 e. The Morgan fingerprint density at radius 3 is 2.60 bits per heavy atom. The van der Waals surface area contributed by atoms with Gasteiger partial charge in [-0.1, -0.05) is 44.2 Å². The molecule has 0 unspecified atom stereocenters. The van der Waals surface area contributed by atoms with Crippen LogP contribution in [0.3, 0.4) is 0 Å². The summed E-state index contributed by atoms with van der Waals surface area (Å²) >= 11 is 0. The number of nitrogens with zero attached hydrogens (tertiary/aromatic N) is 1. The summed E-state index contributed by atoms with van der Waals surface area (Å²) in [7, 11) is 0. The summed E-state index contributed by atoms with van der Waals surface area (Å²) in [5.41, 5.74) is 7.36. The quantitative estimate of drug-likeness (QED) is 0.916. The summed E-state index contributed by atoms with van der Waals surface area (Å²) in [6, 6.07) is 10.4.